The van der Waals surface area contributed by atoms with Gasteiger partial charge in [-0.1, -0.05) is 44.2 Å². The third kappa shape index (κ3) is 4.57. The molecule has 0 aromatic heterocycles. The summed E-state index contributed by atoms with van der Waals surface area (Å²) in [5, 5.41) is 0. The monoisotopic (exact) mass is 410 g/mol. The minimum Gasteiger partial charge on any atom is -0.470 e. The molecule has 0 N–H and O–H groups in total. The van der Waals surface area contributed by atoms with E-state index in [0.29, 0.717) is 23.5 Å². The highest BCUT2D eigenvalue weighted by Gasteiger charge is 2.40. The fourth-order valence-corrected chi connectivity index (χ4v) is 5.03. The van der Waals surface area contributed by atoms with Gasteiger partial charge in [-0.05, 0) is 50.3 Å². The van der Waals surface area contributed by atoms with E-state index in [1.54, 1.807) is 6.07 Å². The lowest BCUT2D eigenvalue weighted by molar-refractivity contribution is 0.234. The number of hydrogen-bond donors (Lipinski definition) is 0. The van der Waals surface area contributed by atoms with Crippen LogP contribution >= 0.6 is 12.4 Å². The Morgan fingerprint density at radius 3 is 2.30 bits per heavy atom. The second-order valence-corrected chi connectivity index (χ2v) is 8.25. The van der Waals surface area contributed by atoms with E-state index in [9.17, 15) is 8.42 Å². The standard InChI is InChI=1S/C20H26N2O3S.ClH/c1-3-21(4-2)16-10-15-20-25-19-14-9-8-13-18(19)22(26(20,23)24)17-11-6-5-7-12-17;/h5-9,11-14,20H,3-4,10,15-16H2,1-2H3;1H. The number of fused-ring (bicyclic) bond motifs is 1. The summed E-state index contributed by atoms with van der Waals surface area (Å²) in [7, 11) is -3.65. The molecule has 1 aliphatic heterocycles. The average Bonchev–Trinajstić information content (AvgIpc) is 2.66. The molecule has 1 aliphatic rings. The predicted octanol–water partition coefficient (Wildman–Crippen LogP) is 4.42. The predicted molar refractivity (Wildman–Crippen MR) is 113 cm³/mol. The maximum atomic E-state index is 13.3. The van der Waals surface area contributed by atoms with Crippen LogP contribution in [-0.2, 0) is 10.0 Å². The molecule has 27 heavy (non-hydrogen) atoms. The first-order valence-corrected chi connectivity index (χ1v) is 10.7. The zero-order valence-electron chi connectivity index (χ0n) is 15.7. The molecule has 0 spiro atoms. The van der Waals surface area contributed by atoms with Gasteiger partial charge in [0, 0.05) is 6.42 Å². The van der Waals surface area contributed by atoms with E-state index >= 15 is 0 Å². The summed E-state index contributed by atoms with van der Waals surface area (Å²) in [6.07, 6.45) is 1.24. The highest BCUT2D eigenvalue weighted by atomic mass is 35.5. The zero-order valence-corrected chi connectivity index (χ0v) is 17.4. The molecule has 7 heteroatoms. The fourth-order valence-electron chi connectivity index (χ4n) is 3.26. The third-order valence-corrected chi connectivity index (χ3v) is 6.64. The van der Waals surface area contributed by atoms with Crippen LogP contribution in [-0.4, -0.2) is 38.4 Å². The summed E-state index contributed by atoms with van der Waals surface area (Å²) < 4.78 is 33.9. The van der Waals surface area contributed by atoms with Crippen LogP contribution < -0.4 is 9.04 Å². The van der Waals surface area contributed by atoms with Crippen LogP contribution in [0.25, 0.3) is 0 Å². The van der Waals surface area contributed by atoms with Gasteiger partial charge in [-0.25, -0.2) is 12.7 Å². The van der Waals surface area contributed by atoms with Gasteiger partial charge in [-0.2, -0.15) is 0 Å². The van der Waals surface area contributed by atoms with Gasteiger partial charge in [0.05, 0.1) is 11.4 Å². The number of nitrogens with zero attached hydrogens (tertiary/aromatic N) is 2. The molecule has 0 aliphatic carbocycles. The number of halogens is 1. The molecule has 0 saturated heterocycles. The Labute approximate surface area is 168 Å². The number of hydrogen-bond acceptors (Lipinski definition) is 4. The molecule has 1 atom stereocenters. The first kappa shape index (κ1) is 21.5. The Morgan fingerprint density at radius 2 is 1.63 bits per heavy atom. The average molecular weight is 411 g/mol. The Balaban J connectivity index is 0.00000261. The number of ether oxygens (including phenoxy) is 1. The van der Waals surface area contributed by atoms with Crippen molar-refractivity contribution >= 4 is 33.8 Å². The molecule has 0 fully saturated rings. The Hall–Kier alpha value is -1.76. The van der Waals surface area contributed by atoms with E-state index in [1.165, 1.54) is 4.31 Å². The van der Waals surface area contributed by atoms with Crippen LogP contribution in [0.4, 0.5) is 11.4 Å². The maximum Gasteiger partial charge on any atom is 0.277 e. The van der Waals surface area contributed by atoms with Gasteiger partial charge in [0.2, 0.25) is 5.44 Å². The quantitative estimate of drug-likeness (QED) is 0.678. The second kappa shape index (κ2) is 9.44. The fraction of sp³-hybridized carbons (Fsp3) is 0.400. The first-order valence-electron chi connectivity index (χ1n) is 9.15. The summed E-state index contributed by atoms with van der Waals surface area (Å²) in [4.78, 5) is 2.29. The molecular weight excluding hydrogens is 384 g/mol. The van der Waals surface area contributed by atoms with Crippen molar-refractivity contribution in [2.45, 2.75) is 32.1 Å². The van der Waals surface area contributed by atoms with Crippen LogP contribution in [0.3, 0.4) is 0 Å². The summed E-state index contributed by atoms with van der Waals surface area (Å²) in [6, 6.07) is 16.5. The van der Waals surface area contributed by atoms with Crippen molar-refractivity contribution in [3.05, 3.63) is 54.6 Å². The number of para-hydroxylation sites is 3. The van der Waals surface area contributed by atoms with Gasteiger partial charge >= 0.3 is 0 Å². The van der Waals surface area contributed by atoms with E-state index in [2.05, 4.69) is 18.7 Å². The van der Waals surface area contributed by atoms with E-state index in [1.807, 2.05) is 48.5 Å². The lowest BCUT2D eigenvalue weighted by Gasteiger charge is -2.35. The molecule has 0 radical (unpaired) electrons. The molecule has 1 unspecified atom stereocenters. The summed E-state index contributed by atoms with van der Waals surface area (Å²) in [5.74, 6) is 0.610. The van der Waals surface area contributed by atoms with Crippen molar-refractivity contribution in [1.82, 2.24) is 4.90 Å². The van der Waals surface area contributed by atoms with E-state index < -0.39 is 15.5 Å². The second-order valence-electron chi connectivity index (χ2n) is 6.33. The number of sulfonamides is 1. The van der Waals surface area contributed by atoms with Gasteiger partial charge in [0.15, 0.2) is 0 Å². The van der Waals surface area contributed by atoms with Crippen molar-refractivity contribution in [3.8, 4) is 5.75 Å². The SMILES string of the molecule is CCN(CC)CCCC1Oc2ccccc2N(c2ccccc2)S1(=O)=O.Cl. The minimum absolute atomic E-state index is 0. The van der Waals surface area contributed by atoms with Gasteiger partial charge < -0.3 is 9.64 Å². The number of anilines is 2. The molecule has 0 amide bonds. The summed E-state index contributed by atoms with van der Waals surface area (Å²) >= 11 is 0. The maximum absolute atomic E-state index is 13.3. The van der Waals surface area contributed by atoms with Gasteiger partial charge in [-0.3, -0.25) is 0 Å². The van der Waals surface area contributed by atoms with Crippen molar-refractivity contribution in [3.63, 3.8) is 0 Å². The Morgan fingerprint density at radius 1 is 1.00 bits per heavy atom. The van der Waals surface area contributed by atoms with Crippen molar-refractivity contribution in [2.24, 2.45) is 0 Å². The van der Waals surface area contributed by atoms with Crippen LogP contribution in [0.1, 0.15) is 26.7 Å². The van der Waals surface area contributed by atoms with E-state index in [4.69, 9.17) is 4.74 Å². The van der Waals surface area contributed by atoms with E-state index in [-0.39, 0.29) is 12.4 Å². The number of rotatable bonds is 7. The Kier molecular flexibility index (Phi) is 7.53. The summed E-state index contributed by atoms with van der Waals surface area (Å²) in [5.41, 5.74) is 0.337. The molecule has 0 bridgehead atoms. The molecule has 3 rings (SSSR count). The normalized spacial score (nSPS) is 17.7. The van der Waals surface area contributed by atoms with Gasteiger partial charge in [-0.15, -0.1) is 12.4 Å². The molecule has 5 nitrogen and oxygen atoms in total. The third-order valence-electron chi connectivity index (χ3n) is 4.73. The molecule has 1 heterocycles. The topological polar surface area (TPSA) is 49.9 Å². The highest BCUT2D eigenvalue weighted by Crippen LogP contribution is 2.42. The van der Waals surface area contributed by atoms with Crippen LogP contribution in [0, 0.1) is 0 Å². The van der Waals surface area contributed by atoms with E-state index in [0.717, 1.165) is 26.1 Å². The molecular formula is C20H27ClN2O3S. The van der Waals surface area contributed by atoms with Crippen LogP contribution in [0.5, 0.6) is 5.75 Å². The van der Waals surface area contributed by atoms with Gasteiger partial charge in [0.25, 0.3) is 10.0 Å². The first-order chi connectivity index (χ1) is 12.6. The molecule has 2 aromatic rings. The summed E-state index contributed by atoms with van der Waals surface area (Å²) in [6.45, 7) is 7.03. The molecule has 2 aromatic carbocycles. The lowest BCUT2D eigenvalue weighted by Crippen LogP contribution is -2.43. The van der Waals surface area contributed by atoms with Gasteiger partial charge in [0.1, 0.15) is 5.75 Å². The zero-order chi connectivity index (χ0) is 18.6. The Bertz CT molecular complexity index is 826. The van der Waals surface area contributed by atoms with Crippen molar-refractivity contribution in [1.29, 1.82) is 0 Å². The highest BCUT2D eigenvalue weighted by molar-refractivity contribution is 7.93. The smallest absolute Gasteiger partial charge is 0.277 e. The van der Waals surface area contributed by atoms with Crippen LogP contribution in [0.2, 0.25) is 0 Å². The molecule has 148 valence electrons. The lowest BCUT2D eigenvalue weighted by atomic mass is 10.2. The van der Waals surface area contributed by atoms with Crippen molar-refractivity contribution < 1.29 is 13.2 Å². The van der Waals surface area contributed by atoms with Crippen molar-refractivity contribution in [2.75, 3.05) is 23.9 Å². The molecule has 0 saturated carbocycles. The minimum atomic E-state index is -3.65. The van der Waals surface area contributed by atoms with Crippen LogP contribution in [0.15, 0.2) is 54.6 Å². The number of benzene rings is 2. The largest absolute Gasteiger partial charge is 0.470 e.